The first-order chi connectivity index (χ1) is 15.9. The summed E-state index contributed by atoms with van der Waals surface area (Å²) in [4.78, 5) is 38.8. The second-order valence-electron chi connectivity index (χ2n) is 6.96. The molecule has 0 radical (unpaired) electrons. The molecule has 172 valence electrons. The summed E-state index contributed by atoms with van der Waals surface area (Å²) in [5.41, 5.74) is 1.99. The lowest BCUT2D eigenvalue weighted by Gasteiger charge is -2.14. The molecule has 0 aliphatic carbocycles. The van der Waals surface area contributed by atoms with Gasteiger partial charge in [-0.05, 0) is 67.1 Å². The molecule has 1 N–H and O–H groups in total. The Kier molecular flexibility index (Phi) is 8.19. The zero-order valence-corrected chi connectivity index (χ0v) is 19.8. The summed E-state index contributed by atoms with van der Waals surface area (Å²) in [5, 5.41) is 2.58. The zero-order chi connectivity index (χ0) is 24.0. The standard InChI is InChI=1S/C24H23ClN2O5S/c1-4-7-16-10-15(11-19(32-5-2)22(16)31-3)12-20-23(29)27(24(30)33-20)14-21(28)26-18-9-6-8-17(25)13-18/h4,6,8-13H,1,5,7,14H2,2-3H3,(H,26,28)/b20-12+. The van der Waals surface area contributed by atoms with Gasteiger partial charge < -0.3 is 14.8 Å². The number of nitrogens with zero attached hydrogens (tertiary/aromatic N) is 1. The second-order valence-corrected chi connectivity index (χ2v) is 8.39. The van der Waals surface area contributed by atoms with E-state index in [1.165, 1.54) is 0 Å². The third-order valence-electron chi connectivity index (χ3n) is 4.60. The van der Waals surface area contributed by atoms with Gasteiger partial charge in [0.25, 0.3) is 11.1 Å². The number of carbonyl (C=O) groups is 3. The molecule has 0 unspecified atom stereocenters. The van der Waals surface area contributed by atoms with Gasteiger partial charge in [-0.3, -0.25) is 19.3 Å². The number of rotatable bonds is 9. The Balaban J connectivity index is 1.81. The largest absolute Gasteiger partial charge is 0.493 e. The molecular weight excluding hydrogens is 464 g/mol. The maximum absolute atomic E-state index is 12.8. The van der Waals surface area contributed by atoms with Crippen LogP contribution in [0.25, 0.3) is 6.08 Å². The van der Waals surface area contributed by atoms with Crippen molar-refractivity contribution in [1.82, 2.24) is 4.90 Å². The summed E-state index contributed by atoms with van der Waals surface area (Å²) in [6.45, 7) is 5.66. The molecule has 0 bridgehead atoms. The maximum Gasteiger partial charge on any atom is 0.294 e. The Bertz CT molecular complexity index is 1130. The summed E-state index contributed by atoms with van der Waals surface area (Å²) in [6, 6.07) is 10.2. The monoisotopic (exact) mass is 486 g/mol. The van der Waals surface area contributed by atoms with Crippen LogP contribution in [0, 0.1) is 0 Å². The van der Waals surface area contributed by atoms with Crippen LogP contribution in [-0.4, -0.2) is 42.2 Å². The summed E-state index contributed by atoms with van der Waals surface area (Å²) in [5.74, 6) is 0.0906. The molecule has 1 aliphatic heterocycles. The van der Waals surface area contributed by atoms with Gasteiger partial charge in [-0.25, -0.2) is 0 Å². The van der Waals surface area contributed by atoms with Gasteiger partial charge in [-0.2, -0.15) is 0 Å². The molecule has 1 heterocycles. The summed E-state index contributed by atoms with van der Waals surface area (Å²) in [7, 11) is 1.56. The smallest absolute Gasteiger partial charge is 0.294 e. The van der Waals surface area contributed by atoms with Crippen LogP contribution in [0.4, 0.5) is 10.5 Å². The molecule has 3 rings (SSSR count). The molecule has 33 heavy (non-hydrogen) atoms. The molecule has 0 aromatic heterocycles. The Morgan fingerprint density at radius 3 is 2.73 bits per heavy atom. The van der Waals surface area contributed by atoms with Crippen LogP contribution in [-0.2, 0) is 16.0 Å². The summed E-state index contributed by atoms with van der Waals surface area (Å²) >= 11 is 6.70. The number of amides is 3. The highest BCUT2D eigenvalue weighted by atomic mass is 35.5. The van der Waals surface area contributed by atoms with Crippen LogP contribution in [0.3, 0.4) is 0 Å². The van der Waals surface area contributed by atoms with E-state index in [2.05, 4.69) is 11.9 Å². The predicted molar refractivity (Wildman–Crippen MR) is 131 cm³/mol. The fraction of sp³-hybridized carbons (Fsp3) is 0.208. The number of benzene rings is 2. The number of thioether (sulfide) groups is 1. The van der Waals surface area contributed by atoms with Gasteiger partial charge in [0, 0.05) is 16.3 Å². The number of carbonyl (C=O) groups excluding carboxylic acids is 3. The Morgan fingerprint density at radius 2 is 2.06 bits per heavy atom. The van der Waals surface area contributed by atoms with Crippen LogP contribution < -0.4 is 14.8 Å². The number of allylic oxidation sites excluding steroid dienone is 1. The first kappa shape index (κ1) is 24.4. The fourth-order valence-electron chi connectivity index (χ4n) is 3.27. The number of hydrogen-bond acceptors (Lipinski definition) is 6. The van der Waals surface area contributed by atoms with E-state index in [-0.39, 0.29) is 4.91 Å². The minimum absolute atomic E-state index is 0.215. The number of anilines is 1. The second kappa shape index (κ2) is 11.1. The van der Waals surface area contributed by atoms with E-state index in [4.69, 9.17) is 21.1 Å². The number of ether oxygens (including phenoxy) is 2. The van der Waals surface area contributed by atoms with Crippen molar-refractivity contribution in [3.63, 3.8) is 0 Å². The average Bonchev–Trinajstić information content (AvgIpc) is 3.01. The van der Waals surface area contributed by atoms with E-state index in [1.54, 1.807) is 49.6 Å². The normalized spacial score (nSPS) is 14.5. The molecule has 0 spiro atoms. The van der Waals surface area contributed by atoms with Gasteiger partial charge in [0.05, 0.1) is 18.6 Å². The van der Waals surface area contributed by atoms with Gasteiger partial charge >= 0.3 is 0 Å². The molecule has 2 aromatic carbocycles. The first-order valence-corrected chi connectivity index (χ1v) is 11.3. The van der Waals surface area contributed by atoms with Crippen LogP contribution in [0.5, 0.6) is 11.5 Å². The molecule has 1 fully saturated rings. The molecule has 9 heteroatoms. The molecule has 7 nitrogen and oxygen atoms in total. The molecule has 1 aliphatic rings. The van der Waals surface area contributed by atoms with Crippen LogP contribution in [0.1, 0.15) is 18.1 Å². The highest BCUT2D eigenvalue weighted by Gasteiger charge is 2.36. The quantitative estimate of drug-likeness (QED) is 0.389. The Labute approximate surface area is 201 Å². The van der Waals surface area contributed by atoms with Gasteiger partial charge in [-0.1, -0.05) is 23.7 Å². The first-order valence-electron chi connectivity index (χ1n) is 10.1. The Morgan fingerprint density at radius 1 is 1.27 bits per heavy atom. The highest BCUT2D eigenvalue weighted by molar-refractivity contribution is 8.18. The molecule has 2 aromatic rings. The lowest BCUT2D eigenvalue weighted by molar-refractivity contribution is -0.127. The third-order valence-corrected chi connectivity index (χ3v) is 5.75. The van der Waals surface area contributed by atoms with Crippen molar-refractivity contribution in [3.8, 4) is 11.5 Å². The summed E-state index contributed by atoms with van der Waals surface area (Å²) < 4.78 is 11.2. The number of nitrogens with one attached hydrogen (secondary N) is 1. The predicted octanol–water partition coefficient (Wildman–Crippen LogP) is 5.15. The van der Waals surface area contributed by atoms with Crippen molar-refractivity contribution in [2.24, 2.45) is 0 Å². The van der Waals surface area contributed by atoms with Gasteiger partial charge in [0.1, 0.15) is 6.54 Å². The summed E-state index contributed by atoms with van der Waals surface area (Å²) in [6.07, 6.45) is 3.88. The van der Waals surface area contributed by atoms with Gasteiger partial charge in [-0.15, -0.1) is 6.58 Å². The molecule has 0 saturated carbocycles. The van der Waals surface area contributed by atoms with Crippen molar-refractivity contribution in [3.05, 3.63) is 70.1 Å². The van der Waals surface area contributed by atoms with Crippen molar-refractivity contribution in [1.29, 1.82) is 0 Å². The van der Waals surface area contributed by atoms with Gasteiger partial charge in [0.15, 0.2) is 11.5 Å². The molecule has 0 atom stereocenters. The minimum atomic E-state index is -0.537. The zero-order valence-electron chi connectivity index (χ0n) is 18.2. The van der Waals surface area contributed by atoms with Gasteiger partial charge in [0.2, 0.25) is 5.91 Å². The maximum atomic E-state index is 12.8. The van der Waals surface area contributed by atoms with E-state index in [1.807, 2.05) is 13.0 Å². The molecule has 1 saturated heterocycles. The van der Waals surface area contributed by atoms with Crippen molar-refractivity contribution in [2.45, 2.75) is 13.3 Å². The van der Waals surface area contributed by atoms with Crippen molar-refractivity contribution >= 4 is 52.2 Å². The number of imide groups is 1. The number of halogens is 1. The minimum Gasteiger partial charge on any atom is -0.493 e. The Hall–Kier alpha value is -3.23. The van der Waals surface area contributed by atoms with Crippen LogP contribution in [0.2, 0.25) is 5.02 Å². The van der Waals surface area contributed by atoms with Crippen molar-refractivity contribution < 1.29 is 23.9 Å². The molecule has 3 amide bonds. The van der Waals surface area contributed by atoms with E-state index >= 15 is 0 Å². The number of hydrogen-bond donors (Lipinski definition) is 1. The topological polar surface area (TPSA) is 84.9 Å². The highest BCUT2D eigenvalue weighted by Crippen LogP contribution is 2.37. The van der Waals surface area contributed by atoms with Crippen molar-refractivity contribution in [2.75, 3.05) is 25.6 Å². The van der Waals surface area contributed by atoms with Crippen LogP contribution >= 0.6 is 23.4 Å². The SMILES string of the molecule is C=CCc1cc(/C=C2/SC(=O)N(CC(=O)Nc3cccc(Cl)c3)C2=O)cc(OCC)c1OC. The average molecular weight is 487 g/mol. The van der Waals surface area contributed by atoms with Crippen LogP contribution in [0.15, 0.2) is 54.0 Å². The van der Waals surface area contributed by atoms with E-state index < -0.39 is 23.6 Å². The lowest BCUT2D eigenvalue weighted by Crippen LogP contribution is -2.36. The van der Waals surface area contributed by atoms with E-state index in [0.29, 0.717) is 40.8 Å². The van der Waals surface area contributed by atoms with E-state index in [9.17, 15) is 14.4 Å². The number of methoxy groups -OCH3 is 1. The third kappa shape index (κ3) is 5.97. The molecular formula is C24H23ClN2O5S. The fourth-order valence-corrected chi connectivity index (χ4v) is 4.30. The van der Waals surface area contributed by atoms with E-state index in [0.717, 1.165) is 22.2 Å². The lowest BCUT2D eigenvalue weighted by atomic mass is 10.0.